The quantitative estimate of drug-likeness (QED) is 0.424. The molecule has 0 aromatic heterocycles. The molecule has 1 rings (SSSR count). The predicted molar refractivity (Wildman–Crippen MR) is 81.3 cm³/mol. The summed E-state index contributed by atoms with van der Waals surface area (Å²) in [6.45, 7) is 0. The fraction of sp³-hybridized carbons (Fsp3) is 0.611. The van der Waals surface area contributed by atoms with Crippen molar-refractivity contribution in [2.45, 2.75) is 70.6 Å². The van der Waals surface area contributed by atoms with Gasteiger partial charge in [0.15, 0.2) is 0 Å². The summed E-state index contributed by atoms with van der Waals surface area (Å²) >= 11 is 0. The van der Waals surface area contributed by atoms with E-state index in [1.165, 1.54) is 50.5 Å². The smallest absolute Gasteiger partial charge is 0.550 e. The number of carboxylic acids is 1. The van der Waals surface area contributed by atoms with Crippen molar-refractivity contribution in [2.75, 3.05) is 0 Å². The van der Waals surface area contributed by atoms with Crippen LogP contribution >= 0.6 is 0 Å². The molecule has 0 saturated carbocycles. The maximum atomic E-state index is 10.2. The zero-order valence-electron chi connectivity index (χ0n) is 13.5. The van der Waals surface area contributed by atoms with Crippen molar-refractivity contribution in [3.63, 3.8) is 0 Å². The average Bonchev–Trinajstić information content (AvgIpc) is 2.45. The summed E-state index contributed by atoms with van der Waals surface area (Å²) < 4.78 is 0. The fourth-order valence-corrected chi connectivity index (χ4v) is 2.48. The Balaban J connectivity index is 0.00000400. The van der Waals surface area contributed by atoms with Crippen LogP contribution in [0, 0.1) is 0 Å². The van der Waals surface area contributed by atoms with E-state index in [1.54, 1.807) is 0 Å². The average molecular weight is 315 g/mol. The van der Waals surface area contributed by atoms with Gasteiger partial charge in [0.05, 0.1) is 0 Å². The molecule has 1 aromatic carbocycles. The minimum absolute atomic E-state index is 0. The van der Waals surface area contributed by atoms with E-state index in [9.17, 15) is 9.90 Å². The second-order valence-electron chi connectivity index (χ2n) is 5.54. The van der Waals surface area contributed by atoms with Crippen LogP contribution in [-0.4, -0.2) is 5.97 Å². The Labute approximate surface area is 172 Å². The van der Waals surface area contributed by atoms with E-state index in [-0.39, 0.29) is 57.8 Å². The summed E-state index contributed by atoms with van der Waals surface area (Å²) in [6, 6.07) is 10.7. The molecule has 0 heterocycles. The van der Waals surface area contributed by atoms with Crippen LogP contribution in [0.4, 0.5) is 0 Å². The van der Waals surface area contributed by atoms with E-state index >= 15 is 0 Å². The van der Waals surface area contributed by atoms with Gasteiger partial charge >= 0.3 is 51.4 Å². The SMILES string of the molecule is O=C([O-])CCCCCCCCCCCc1ccccc1.[K+]. The molecule has 0 aliphatic heterocycles. The number of aryl methyl sites for hydroxylation is 1. The molecule has 21 heavy (non-hydrogen) atoms. The van der Waals surface area contributed by atoms with Crippen LogP contribution < -0.4 is 56.5 Å². The second-order valence-corrected chi connectivity index (χ2v) is 5.54. The first-order valence-corrected chi connectivity index (χ1v) is 8.03. The monoisotopic (exact) mass is 314 g/mol. The Hall–Kier alpha value is 0.326. The van der Waals surface area contributed by atoms with Gasteiger partial charge in [-0.3, -0.25) is 0 Å². The van der Waals surface area contributed by atoms with Gasteiger partial charge in [0, 0.05) is 5.97 Å². The molecule has 0 bridgehead atoms. The molecule has 3 heteroatoms. The van der Waals surface area contributed by atoms with E-state index < -0.39 is 5.97 Å². The minimum Gasteiger partial charge on any atom is -0.550 e. The van der Waals surface area contributed by atoms with Crippen LogP contribution in [0.3, 0.4) is 0 Å². The van der Waals surface area contributed by atoms with Gasteiger partial charge in [0.25, 0.3) is 0 Å². The molecule has 1 aromatic rings. The Morgan fingerprint density at radius 2 is 1.24 bits per heavy atom. The summed E-state index contributed by atoms with van der Waals surface area (Å²) in [6.07, 6.45) is 12.2. The van der Waals surface area contributed by atoms with Crippen LogP contribution in [0.15, 0.2) is 30.3 Å². The zero-order chi connectivity index (χ0) is 14.5. The Morgan fingerprint density at radius 3 is 1.76 bits per heavy atom. The van der Waals surface area contributed by atoms with Crippen molar-refractivity contribution in [1.29, 1.82) is 0 Å². The molecular weight excluding hydrogens is 287 g/mol. The molecular formula is C18H27KO2. The van der Waals surface area contributed by atoms with Crippen molar-refractivity contribution in [1.82, 2.24) is 0 Å². The molecule has 0 unspecified atom stereocenters. The molecule has 0 spiro atoms. The van der Waals surface area contributed by atoms with Crippen LogP contribution in [-0.2, 0) is 11.2 Å². The maximum Gasteiger partial charge on any atom is 1.00 e. The van der Waals surface area contributed by atoms with E-state index in [2.05, 4.69) is 30.3 Å². The summed E-state index contributed by atoms with van der Waals surface area (Å²) in [4.78, 5) is 10.2. The number of aliphatic carboxylic acids is 1. The van der Waals surface area contributed by atoms with Gasteiger partial charge in [-0.05, 0) is 31.2 Å². The molecule has 0 aliphatic rings. The topological polar surface area (TPSA) is 40.1 Å². The Kier molecular flexibility index (Phi) is 15.5. The summed E-state index contributed by atoms with van der Waals surface area (Å²) in [5.74, 6) is -0.914. The number of rotatable bonds is 12. The summed E-state index contributed by atoms with van der Waals surface area (Å²) in [7, 11) is 0. The van der Waals surface area contributed by atoms with Crippen molar-refractivity contribution in [3.05, 3.63) is 35.9 Å². The molecule has 0 N–H and O–H groups in total. The first-order chi connectivity index (χ1) is 9.79. The van der Waals surface area contributed by atoms with E-state index in [1.807, 2.05) is 0 Å². The van der Waals surface area contributed by atoms with Gasteiger partial charge in [0.2, 0.25) is 0 Å². The number of carbonyl (C=O) groups excluding carboxylic acids is 1. The van der Waals surface area contributed by atoms with Gasteiger partial charge in [0.1, 0.15) is 0 Å². The number of hydrogen-bond donors (Lipinski definition) is 0. The zero-order valence-corrected chi connectivity index (χ0v) is 16.6. The third-order valence-electron chi connectivity index (χ3n) is 3.69. The number of hydrogen-bond acceptors (Lipinski definition) is 2. The molecule has 0 fully saturated rings. The number of unbranched alkanes of at least 4 members (excludes halogenated alkanes) is 8. The third kappa shape index (κ3) is 13.7. The van der Waals surface area contributed by atoms with E-state index in [0.29, 0.717) is 0 Å². The van der Waals surface area contributed by atoms with E-state index in [0.717, 1.165) is 19.3 Å². The van der Waals surface area contributed by atoms with Gasteiger partial charge < -0.3 is 9.90 Å². The second kappa shape index (κ2) is 15.2. The van der Waals surface area contributed by atoms with Crippen molar-refractivity contribution in [2.24, 2.45) is 0 Å². The Bertz CT molecular complexity index is 351. The van der Waals surface area contributed by atoms with Crippen molar-refractivity contribution in [3.8, 4) is 0 Å². The van der Waals surface area contributed by atoms with Gasteiger partial charge in [-0.25, -0.2) is 0 Å². The molecule has 112 valence electrons. The summed E-state index contributed by atoms with van der Waals surface area (Å²) in [5.41, 5.74) is 1.44. The maximum absolute atomic E-state index is 10.2. The molecule has 0 saturated heterocycles. The van der Waals surface area contributed by atoms with Crippen LogP contribution in [0.1, 0.15) is 69.8 Å². The van der Waals surface area contributed by atoms with Crippen LogP contribution in [0.5, 0.6) is 0 Å². The Morgan fingerprint density at radius 1 is 0.762 bits per heavy atom. The molecule has 0 radical (unpaired) electrons. The number of carbonyl (C=O) groups is 1. The molecule has 2 nitrogen and oxygen atoms in total. The molecule has 0 atom stereocenters. The first-order valence-electron chi connectivity index (χ1n) is 8.03. The fourth-order valence-electron chi connectivity index (χ4n) is 2.48. The first kappa shape index (κ1) is 21.3. The molecule has 0 aliphatic carbocycles. The summed E-state index contributed by atoms with van der Waals surface area (Å²) in [5, 5.41) is 10.2. The number of benzene rings is 1. The minimum atomic E-state index is -0.914. The number of carboxylic acid groups (broad SMARTS) is 1. The third-order valence-corrected chi connectivity index (χ3v) is 3.69. The van der Waals surface area contributed by atoms with Crippen molar-refractivity contribution >= 4 is 5.97 Å². The molecule has 0 amide bonds. The largest absolute Gasteiger partial charge is 1.00 e. The predicted octanol–water partition coefficient (Wildman–Crippen LogP) is 0.884. The standard InChI is InChI=1S/C18H28O2.K/c19-18(20)16-12-7-5-3-1-2-4-6-9-13-17-14-10-8-11-15-17;/h8,10-11,14-15H,1-7,9,12-13,16H2,(H,19,20);/q;+1/p-1. The normalized spacial score (nSPS) is 10.1. The van der Waals surface area contributed by atoms with E-state index in [4.69, 9.17) is 0 Å². The van der Waals surface area contributed by atoms with Gasteiger partial charge in [-0.1, -0.05) is 75.3 Å². The van der Waals surface area contributed by atoms with Gasteiger partial charge in [-0.2, -0.15) is 0 Å². The van der Waals surface area contributed by atoms with Crippen LogP contribution in [0.2, 0.25) is 0 Å². The van der Waals surface area contributed by atoms with Crippen LogP contribution in [0.25, 0.3) is 0 Å². The van der Waals surface area contributed by atoms with Crippen molar-refractivity contribution < 1.29 is 61.3 Å². The van der Waals surface area contributed by atoms with Gasteiger partial charge in [-0.15, -0.1) is 0 Å².